The maximum atomic E-state index is 4.20. The number of nitrogens with zero attached hydrogens (tertiary/aromatic N) is 4. The summed E-state index contributed by atoms with van der Waals surface area (Å²) in [4.78, 5) is 0. The van der Waals surface area contributed by atoms with E-state index in [0.717, 1.165) is 25.3 Å². The van der Waals surface area contributed by atoms with E-state index >= 15 is 0 Å². The molecule has 0 saturated heterocycles. The van der Waals surface area contributed by atoms with Gasteiger partial charge in [-0.05, 0) is 48.1 Å². The third-order valence-corrected chi connectivity index (χ3v) is 3.80. The fraction of sp³-hybridized carbons (Fsp3) is 0.923. The van der Waals surface area contributed by atoms with Gasteiger partial charge < -0.3 is 5.32 Å². The van der Waals surface area contributed by atoms with Crippen molar-refractivity contribution in [1.82, 2.24) is 25.5 Å². The first-order valence-corrected chi connectivity index (χ1v) is 7.10. The van der Waals surface area contributed by atoms with Crippen LogP contribution in [0.25, 0.3) is 0 Å². The van der Waals surface area contributed by atoms with E-state index in [1.54, 1.807) is 0 Å². The highest BCUT2D eigenvalue weighted by molar-refractivity contribution is 4.89. The fourth-order valence-electron chi connectivity index (χ4n) is 2.86. The van der Waals surface area contributed by atoms with Gasteiger partial charge in [0, 0.05) is 0 Å². The van der Waals surface area contributed by atoms with E-state index in [9.17, 15) is 0 Å². The second-order valence-electron chi connectivity index (χ2n) is 6.13. The number of hydrogen-bond acceptors (Lipinski definition) is 4. The quantitative estimate of drug-likeness (QED) is 0.816. The van der Waals surface area contributed by atoms with Gasteiger partial charge in [0.15, 0.2) is 5.82 Å². The Labute approximate surface area is 109 Å². The summed E-state index contributed by atoms with van der Waals surface area (Å²) in [7, 11) is 0. The van der Waals surface area contributed by atoms with Crippen LogP contribution in [0.5, 0.6) is 0 Å². The highest BCUT2D eigenvalue weighted by Gasteiger charge is 2.30. The Morgan fingerprint density at radius 1 is 1.44 bits per heavy atom. The van der Waals surface area contributed by atoms with Crippen LogP contribution in [0.1, 0.15) is 64.7 Å². The van der Waals surface area contributed by atoms with Crippen LogP contribution in [0, 0.1) is 5.41 Å². The van der Waals surface area contributed by atoms with Crippen LogP contribution in [0.3, 0.4) is 0 Å². The second kappa shape index (κ2) is 5.78. The van der Waals surface area contributed by atoms with Gasteiger partial charge >= 0.3 is 0 Å². The van der Waals surface area contributed by atoms with E-state index in [-0.39, 0.29) is 0 Å². The topological polar surface area (TPSA) is 55.6 Å². The number of rotatable bonds is 5. The SMILES string of the molecule is CCCNCc1nnnn1C1CCCC(C)(C)C1. The summed E-state index contributed by atoms with van der Waals surface area (Å²) in [6.45, 7) is 8.65. The standard InChI is InChI=1S/C13H25N5/c1-4-8-14-10-12-15-16-17-18(12)11-6-5-7-13(2,3)9-11/h11,14H,4-10H2,1-3H3. The molecule has 5 nitrogen and oxygen atoms in total. The lowest BCUT2D eigenvalue weighted by atomic mass is 9.75. The first-order chi connectivity index (χ1) is 8.62. The summed E-state index contributed by atoms with van der Waals surface area (Å²) in [5.74, 6) is 0.978. The Kier molecular flexibility index (Phi) is 4.32. The van der Waals surface area contributed by atoms with Crippen molar-refractivity contribution < 1.29 is 0 Å². The van der Waals surface area contributed by atoms with Crippen molar-refractivity contribution in [3.8, 4) is 0 Å². The zero-order chi connectivity index (χ0) is 13.0. The van der Waals surface area contributed by atoms with E-state index in [0.29, 0.717) is 11.5 Å². The van der Waals surface area contributed by atoms with Gasteiger partial charge in [0.1, 0.15) is 0 Å². The summed E-state index contributed by atoms with van der Waals surface area (Å²) in [5.41, 5.74) is 0.420. The van der Waals surface area contributed by atoms with Gasteiger partial charge in [-0.15, -0.1) is 5.10 Å². The minimum Gasteiger partial charge on any atom is -0.310 e. The molecule has 0 aliphatic heterocycles. The van der Waals surface area contributed by atoms with Crippen molar-refractivity contribution in [2.24, 2.45) is 5.41 Å². The molecule has 1 N–H and O–H groups in total. The van der Waals surface area contributed by atoms with Crippen LogP contribution < -0.4 is 5.32 Å². The minimum atomic E-state index is 0.420. The van der Waals surface area contributed by atoms with Gasteiger partial charge in [0.25, 0.3) is 0 Å². The molecule has 0 bridgehead atoms. The number of aromatic nitrogens is 4. The van der Waals surface area contributed by atoms with Crippen molar-refractivity contribution in [3.05, 3.63) is 5.82 Å². The Bertz CT molecular complexity index is 371. The molecule has 1 unspecified atom stereocenters. The molecule has 5 heteroatoms. The molecule has 1 fully saturated rings. The smallest absolute Gasteiger partial charge is 0.165 e. The average Bonchev–Trinajstić information content (AvgIpc) is 2.76. The molecule has 1 saturated carbocycles. The zero-order valence-electron chi connectivity index (χ0n) is 11.8. The van der Waals surface area contributed by atoms with Gasteiger partial charge in [-0.3, -0.25) is 0 Å². The van der Waals surface area contributed by atoms with Crippen molar-refractivity contribution in [3.63, 3.8) is 0 Å². The Hall–Kier alpha value is -0.970. The van der Waals surface area contributed by atoms with Gasteiger partial charge in [-0.1, -0.05) is 27.2 Å². The van der Waals surface area contributed by atoms with Gasteiger partial charge in [-0.2, -0.15) is 0 Å². The molecule has 1 aliphatic carbocycles. The van der Waals surface area contributed by atoms with Crippen molar-refractivity contribution in [2.45, 2.75) is 65.5 Å². The maximum Gasteiger partial charge on any atom is 0.165 e. The van der Waals surface area contributed by atoms with E-state index in [1.165, 1.54) is 25.7 Å². The first kappa shape index (κ1) is 13.5. The van der Waals surface area contributed by atoms with Gasteiger partial charge in [-0.25, -0.2) is 4.68 Å². The molecule has 2 rings (SSSR count). The number of tetrazole rings is 1. The summed E-state index contributed by atoms with van der Waals surface area (Å²) in [5, 5.41) is 15.6. The third kappa shape index (κ3) is 3.28. The van der Waals surface area contributed by atoms with Crippen LogP contribution >= 0.6 is 0 Å². The summed E-state index contributed by atoms with van der Waals surface area (Å²) < 4.78 is 2.05. The van der Waals surface area contributed by atoms with E-state index in [2.05, 4.69) is 41.6 Å². The Balaban J connectivity index is 2.01. The molecule has 0 radical (unpaired) electrons. The average molecular weight is 251 g/mol. The lowest BCUT2D eigenvalue weighted by molar-refractivity contribution is 0.170. The fourth-order valence-corrected chi connectivity index (χ4v) is 2.86. The Morgan fingerprint density at radius 2 is 2.28 bits per heavy atom. The number of nitrogens with one attached hydrogen (secondary N) is 1. The largest absolute Gasteiger partial charge is 0.310 e. The van der Waals surface area contributed by atoms with Crippen LogP contribution in [-0.4, -0.2) is 26.8 Å². The predicted octanol–water partition coefficient (Wildman–Crippen LogP) is 2.31. The predicted molar refractivity (Wildman–Crippen MR) is 71.1 cm³/mol. The summed E-state index contributed by atoms with van der Waals surface area (Å²) in [6, 6.07) is 0.474. The lowest BCUT2D eigenvalue weighted by Gasteiger charge is -2.35. The summed E-state index contributed by atoms with van der Waals surface area (Å²) >= 11 is 0. The van der Waals surface area contributed by atoms with Crippen LogP contribution in [0.4, 0.5) is 0 Å². The van der Waals surface area contributed by atoms with Gasteiger partial charge in [0.2, 0.25) is 0 Å². The maximum absolute atomic E-state index is 4.20. The van der Waals surface area contributed by atoms with Crippen LogP contribution in [0.15, 0.2) is 0 Å². The molecular weight excluding hydrogens is 226 g/mol. The second-order valence-corrected chi connectivity index (χ2v) is 6.13. The van der Waals surface area contributed by atoms with E-state index in [1.807, 2.05) is 4.68 Å². The Morgan fingerprint density at radius 3 is 3.00 bits per heavy atom. The third-order valence-electron chi connectivity index (χ3n) is 3.80. The van der Waals surface area contributed by atoms with E-state index in [4.69, 9.17) is 0 Å². The molecule has 18 heavy (non-hydrogen) atoms. The zero-order valence-corrected chi connectivity index (χ0v) is 11.8. The highest BCUT2D eigenvalue weighted by Crippen LogP contribution is 2.40. The molecule has 0 spiro atoms. The summed E-state index contributed by atoms with van der Waals surface area (Å²) in [6.07, 6.45) is 6.11. The molecule has 0 aromatic carbocycles. The molecular formula is C13H25N5. The van der Waals surface area contributed by atoms with Gasteiger partial charge in [0.05, 0.1) is 12.6 Å². The minimum absolute atomic E-state index is 0.420. The molecule has 1 heterocycles. The lowest BCUT2D eigenvalue weighted by Crippen LogP contribution is -2.28. The molecule has 1 aromatic rings. The van der Waals surface area contributed by atoms with Crippen molar-refractivity contribution in [1.29, 1.82) is 0 Å². The monoisotopic (exact) mass is 251 g/mol. The van der Waals surface area contributed by atoms with E-state index < -0.39 is 0 Å². The van der Waals surface area contributed by atoms with Crippen molar-refractivity contribution in [2.75, 3.05) is 6.54 Å². The molecule has 0 amide bonds. The molecule has 1 atom stereocenters. The van der Waals surface area contributed by atoms with Crippen LogP contribution in [0.2, 0.25) is 0 Å². The molecule has 102 valence electrons. The molecule has 1 aliphatic rings. The first-order valence-electron chi connectivity index (χ1n) is 7.10. The normalized spacial score (nSPS) is 23.2. The number of hydrogen-bond donors (Lipinski definition) is 1. The van der Waals surface area contributed by atoms with Crippen molar-refractivity contribution >= 4 is 0 Å². The molecule has 1 aromatic heterocycles. The highest BCUT2D eigenvalue weighted by atomic mass is 15.6. The van der Waals surface area contributed by atoms with Crippen LogP contribution in [-0.2, 0) is 6.54 Å².